The zero-order valence-electron chi connectivity index (χ0n) is 8.38. The van der Waals surface area contributed by atoms with Crippen LogP contribution >= 0.6 is 0 Å². The lowest BCUT2D eigenvalue weighted by Gasteiger charge is -2.04. The van der Waals surface area contributed by atoms with Crippen LogP contribution in [0.4, 0.5) is 8.78 Å². The molecule has 0 atom stereocenters. The summed E-state index contributed by atoms with van der Waals surface area (Å²) in [6.07, 6.45) is 2.79. The Morgan fingerprint density at radius 1 is 1.40 bits per heavy atom. The van der Waals surface area contributed by atoms with E-state index in [0.717, 1.165) is 6.07 Å². The van der Waals surface area contributed by atoms with Crippen molar-refractivity contribution in [2.24, 2.45) is 0 Å². The lowest BCUT2D eigenvalue weighted by Crippen LogP contribution is -2.00. The molecule has 0 saturated heterocycles. The largest absolute Gasteiger partial charge is 0.494 e. The number of hydrogen-bond acceptors (Lipinski definition) is 2. The highest BCUT2D eigenvalue weighted by atomic mass is 19.2. The summed E-state index contributed by atoms with van der Waals surface area (Å²) in [5.74, 6) is -2.85. The zero-order chi connectivity index (χ0) is 11.4. The first kappa shape index (κ1) is 11.4. The van der Waals surface area contributed by atoms with Crippen LogP contribution in [-0.2, 0) is 0 Å². The van der Waals surface area contributed by atoms with Crippen molar-refractivity contribution in [1.29, 1.82) is 0 Å². The first-order valence-corrected chi connectivity index (χ1v) is 4.30. The molecular weight excluding hydrogens is 202 g/mol. The molecule has 0 aromatic heterocycles. The van der Waals surface area contributed by atoms with Gasteiger partial charge in [0.1, 0.15) is 0 Å². The SMILES string of the molecule is CC=CC(=O)c1cc(F)c(F)c(OC)c1. The highest BCUT2D eigenvalue weighted by Gasteiger charge is 2.13. The first-order chi connectivity index (χ1) is 7.10. The summed E-state index contributed by atoms with van der Waals surface area (Å²) in [4.78, 5) is 11.3. The van der Waals surface area contributed by atoms with E-state index in [1.165, 1.54) is 25.3 Å². The molecule has 0 bridgehead atoms. The topological polar surface area (TPSA) is 26.3 Å². The molecule has 0 aliphatic rings. The first-order valence-electron chi connectivity index (χ1n) is 4.30. The lowest BCUT2D eigenvalue weighted by atomic mass is 10.1. The third-order valence-corrected chi connectivity index (χ3v) is 1.82. The Morgan fingerprint density at radius 3 is 2.60 bits per heavy atom. The van der Waals surface area contributed by atoms with Gasteiger partial charge in [0, 0.05) is 5.56 Å². The van der Waals surface area contributed by atoms with Crippen molar-refractivity contribution in [2.45, 2.75) is 6.92 Å². The van der Waals surface area contributed by atoms with Gasteiger partial charge in [0.25, 0.3) is 0 Å². The number of benzene rings is 1. The predicted octanol–water partition coefficient (Wildman–Crippen LogP) is 2.73. The highest BCUT2D eigenvalue weighted by Crippen LogP contribution is 2.22. The van der Waals surface area contributed by atoms with Crippen molar-refractivity contribution in [3.63, 3.8) is 0 Å². The standard InChI is InChI=1S/C11H10F2O2/c1-3-4-9(14)7-5-8(12)11(13)10(6-7)15-2/h3-6H,1-2H3. The molecule has 0 spiro atoms. The van der Waals surface area contributed by atoms with Crippen LogP contribution in [0.25, 0.3) is 0 Å². The second kappa shape index (κ2) is 4.68. The maximum absolute atomic E-state index is 13.0. The third kappa shape index (κ3) is 2.40. The number of halogens is 2. The maximum atomic E-state index is 13.0. The number of rotatable bonds is 3. The van der Waals surface area contributed by atoms with Gasteiger partial charge >= 0.3 is 0 Å². The van der Waals surface area contributed by atoms with E-state index in [0.29, 0.717) is 0 Å². The molecule has 2 nitrogen and oxygen atoms in total. The number of carbonyl (C=O) groups is 1. The molecule has 0 amide bonds. The van der Waals surface area contributed by atoms with E-state index in [4.69, 9.17) is 0 Å². The quantitative estimate of drug-likeness (QED) is 0.568. The summed E-state index contributed by atoms with van der Waals surface area (Å²) >= 11 is 0. The van der Waals surface area contributed by atoms with Crippen LogP contribution < -0.4 is 4.74 Å². The molecule has 80 valence electrons. The van der Waals surface area contributed by atoms with E-state index in [2.05, 4.69) is 4.74 Å². The Bertz CT molecular complexity index is 411. The van der Waals surface area contributed by atoms with E-state index in [9.17, 15) is 13.6 Å². The van der Waals surface area contributed by atoms with Crippen molar-refractivity contribution in [3.05, 3.63) is 41.5 Å². The van der Waals surface area contributed by atoms with Crippen LogP contribution in [-0.4, -0.2) is 12.9 Å². The average molecular weight is 212 g/mol. The van der Waals surface area contributed by atoms with E-state index < -0.39 is 17.4 Å². The van der Waals surface area contributed by atoms with Crippen molar-refractivity contribution < 1.29 is 18.3 Å². The minimum absolute atomic E-state index is 0.0591. The zero-order valence-corrected chi connectivity index (χ0v) is 8.38. The summed E-state index contributed by atoms with van der Waals surface area (Å²) < 4.78 is 30.6. The van der Waals surface area contributed by atoms with Crippen molar-refractivity contribution >= 4 is 5.78 Å². The van der Waals surface area contributed by atoms with Gasteiger partial charge in [-0.3, -0.25) is 4.79 Å². The molecule has 0 aliphatic heterocycles. The number of allylic oxidation sites excluding steroid dienone is 2. The van der Waals surface area contributed by atoms with Gasteiger partial charge in [-0.05, 0) is 25.1 Å². The number of ether oxygens (including phenoxy) is 1. The maximum Gasteiger partial charge on any atom is 0.200 e. The van der Waals surface area contributed by atoms with Gasteiger partial charge in [-0.25, -0.2) is 4.39 Å². The molecular formula is C11H10F2O2. The monoisotopic (exact) mass is 212 g/mol. The van der Waals surface area contributed by atoms with Crippen LogP contribution in [0.5, 0.6) is 5.75 Å². The van der Waals surface area contributed by atoms with Crippen LogP contribution in [0.2, 0.25) is 0 Å². The molecule has 4 heteroatoms. The molecule has 15 heavy (non-hydrogen) atoms. The lowest BCUT2D eigenvalue weighted by molar-refractivity contribution is 0.104. The number of hydrogen-bond donors (Lipinski definition) is 0. The van der Waals surface area contributed by atoms with Gasteiger partial charge in [0.2, 0.25) is 5.82 Å². The van der Waals surface area contributed by atoms with Crippen molar-refractivity contribution in [1.82, 2.24) is 0 Å². The van der Waals surface area contributed by atoms with Gasteiger partial charge in [0.05, 0.1) is 7.11 Å². The molecule has 1 aromatic rings. The fraction of sp³-hybridized carbons (Fsp3) is 0.182. The Morgan fingerprint density at radius 2 is 2.07 bits per heavy atom. The summed E-state index contributed by atoms with van der Waals surface area (Å²) in [6.45, 7) is 1.66. The highest BCUT2D eigenvalue weighted by molar-refractivity contribution is 6.04. The Labute approximate surface area is 86.2 Å². The smallest absolute Gasteiger partial charge is 0.200 e. The number of ketones is 1. The fourth-order valence-corrected chi connectivity index (χ4v) is 1.10. The molecule has 0 radical (unpaired) electrons. The average Bonchev–Trinajstić information content (AvgIpc) is 2.22. The normalized spacial score (nSPS) is 10.7. The van der Waals surface area contributed by atoms with E-state index >= 15 is 0 Å². The molecule has 0 fully saturated rings. The number of methoxy groups -OCH3 is 1. The van der Waals surface area contributed by atoms with Gasteiger partial charge in [-0.2, -0.15) is 4.39 Å². The molecule has 1 rings (SSSR count). The second-order valence-corrected chi connectivity index (χ2v) is 2.84. The summed E-state index contributed by atoms with van der Waals surface area (Å²) in [7, 11) is 1.21. The van der Waals surface area contributed by atoms with Gasteiger partial charge in [0.15, 0.2) is 17.3 Å². The van der Waals surface area contributed by atoms with E-state index in [1.54, 1.807) is 6.92 Å². The molecule has 0 saturated carbocycles. The van der Waals surface area contributed by atoms with Crippen molar-refractivity contribution in [2.75, 3.05) is 7.11 Å². The van der Waals surface area contributed by atoms with E-state index in [-0.39, 0.29) is 11.3 Å². The van der Waals surface area contributed by atoms with Crippen LogP contribution in [0.1, 0.15) is 17.3 Å². The molecule has 1 aromatic carbocycles. The van der Waals surface area contributed by atoms with Crippen molar-refractivity contribution in [3.8, 4) is 5.75 Å². The third-order valence-electron chi connectivity index (χ3n) is 1.82. The fourth-order valence-electron chi connectivity index (χ4n) is 1.10. The Hall–Kier alpha value is -1.71. The Balaban J connectivity index is 3.22. The van der Waals surface area contributed by atoms with Crippen LogP contribution in [0.3, 0.4) is 0 Å². The predicted molar refractivity (Wildman–Crippen MR) is 52.1 cm³/mol. The second-order valence-electron chi connectivity index (χ2n) is 2.84. The molecule has 0 aliphatic carbocycles. The van der Waals surface area contributed by atoms with Crippen LogP contribution in [0.15, 0.2) is 24.3 Å². The molecule has 0 unspecified atom stereocenters. The number of carbonyl (C=O) groups excluding carboxylic acids is 1. The molecule has 0 heterocycles. The van der Waals surface area contributed by atoms with E-state index in [1.807, 2.05) is 0 Å². The summed E-state index contributed by atoms with van der Waals surface area (Å²) in [5.41, 5.74) is 0.0591. The molecule has 0 N–H and O–H groups in total. The van der Waals surface area contributed by atoms with Gasteiger partial charge in [-0.15, -0.1) is 0 Å². The summed E-state index contributed by atoms with van der Waals surface area (Å²) in [5, 5.41) is 0. The minimum atomic E-state index is -1.10. The van der Waals surface area contributed by atoms with Gasteiger partial charge in [-0.1, -0.05) is 6.08 Å². The summed E-state index contributed by atoms with van der Waals surface area (Å²) in [6, 6.07) is 2.01. The van der Waals surface area contributed by atoms with Crippen LogP contribution in [0, 0.1) is 11.6 Å². The minimum Gasteiger partial charge on any atom is -0.494 e. The van der Waals surface area contributed by atoms with Gasteiger partial charge < -0.3 is 4.74 Å². The Kier molecular flexibility index (Phi) is 3.55.